The smallest absolute Gasteiger partial charge is 0.416 e. The fraction of sp³-hybridized carbons (Fsp3) is 0.318. The number of halogens is 3. The van der Waals surface area contributed by atoms with E-state index in [1.54, 1.807) is 0 Å². The van der Waals surface area contributed by atoms with E-state index >= 15 is 0 Å². The molecule has 0 bridgehead atoms. The van der Waals surface area contributed by atoms with E-state index < -0.39 is 11.7 Å². The van der Waals surface area contributed by atoms with Crippen LogP contribution in [-0.2, 0) is 28.9 Å². The Bertz CT molecular complexity index is 1020. The zero-order valence-corrected chi connectivity index (χ0v) is 16.5. The van der Waals surface area contributed by atoms with E-state index in [-0.39, 0.29) is 30.3 Å². The molecule has 162 valence electrons. The van der Waals surface area contributed by atoms with Crippen LogP contribution in [-0.4, -0.2) is 33.6 Å². The van der Waals surface area contributed by atoms with Crippen molar-refractivity contribution in [1.29, 1.82) is 0 Å². The Morgan fingerprint density at radius 2 is 1.87 bits per heavy atom. The average Bonchev–Trinajstić information content (AvgIpc) is 3.42. The SMILES string of the molecule is O=C(OCc1nc(-c2ccc(C(F)(F)F)cc2)no1)[C@@H]1CCCN1Cc1ccccc1. The van der Waals surface area contributed by atoms with Crippen LogP contribution in [0.4, 0.5) is 13.2 Å². The van der Waals surface area contributed by atoms with Crippen molar-refractivity contribution in [2.24, 2.45) is 0 Å². The molecule has 0 saturated carbocycles. The molecule has 0 aliphatic carbocycles. The molecule has 1 atom stereocenters. The van der Waals surface area contributed by atoms with Crippen molar-refractivity contribution >= 4 is 5.97 Å². The van der Waals surface area contributed by atoms with Gasteiger partial charge in [0.15, 0.2) is 6.61 Å². The van der Waals surface area contributed by atoms with Crippen LogP contribution in [0.25, 0.3) is 11.4 Å². The molecule has 0 N–H and O–H groups in total. The van der Waals surface area contributed by atoms with Gasteiger partial charge in [-0.1, -0.05) is 47.6 Å². The molecule has 0 radical (unpaired) electrons. The molecular weight excluding hydrogens is 411 g/mol. The Labute approximate surface area is 176 Å². The van der Waals surface area contributed by atoms with Gasteiger partial charge in [-0.05, 0) is 37.1 Å². The van der Waals surface area contributed by atoms with Gasteiger partial charge >= 0.3 is 12.1 Å². The van der Waals surface area contributed by atoms with Gasteiger partial charge in [0.05, 0.1) is 5.56 Å². The molecule has 2 heterocycles. The van der Waals surface area contributed by atoms with Gasteiger partial charge in [-0.2, -0.15) is 18.2 Å². The maximum Gasteiger partial charge on any atom is 0.416 e. The summed E-state index contributed by atoms with van der Waals surface area (Å²) in [6.07, 6.45) is -2.79. The summed E-state index contributed by atoms with van der Waals surface area (Å²) in [5.41, 5.74) is 0.741. The molecule has 1 fully saturated rings. The molecule has 1 saturated heterocycles. The first-order valence-corrected chi connectivity index (χ1v) is 9.85. The fourth-order valence-electron chi connectivity index (χ4n) is 3.57. The predicted octanol–water partition coefficient (Wildman–Crippen LogP) is 4.46. The van der Waals surface area contributed by atoms with Crippen molar-refractivity contribution < 1.29 is 27.2 Å². The number of hydrogen-bond acceptors (Lipinski definition) is 6. The van der Waals surface area contributed by atoms with E-state index in [1.165, 1.54) is 12.1 Å². The molecule has 1 aliphatic heterocycles. The third-order valence-corrected chi connectivity index (χ3v) is 5.14. The lowest BCUT2D eigenvalue weighted by atomic mass is 10.1. The number of carbonyl (C=O) groups excluding carboxylic acids is 1. The van der Waals surface area contributed by atoms with Crippen LogP contribution in [0.5, 0.6) is 0 Å². The van der Waals surface area contributed by atoms with Crippen LogP contribution >= 0.6 is 0 Å². The van der Waals surface area contributed by atoms with E-state index in [1.807, 2.05) is 30.3 Å². The van der Waals surface area contributed by atoms with Crippen LogP contribution in [0.15, 0.2) is 59.1 Å². The zero-order valence-electron chi connectivity index (χ0n) is 16.5. The lowest BCUT2D eigenvalue weighted by Gasteiger charge is -2.22. The van der Waals surface area contributed by atoms with Gasteiger partial charge in [0.25, 0.3) is 5.89 Å². The van der Waals surface area contributed by atoms with Gasteiger partial charge in [-0.15, -0.1) is 0 Å². The second kappa shape index (κ2) is 8.89. The maximum absolute atomic E-state index is 12.7. The summed E-state index contributed by atoms with van der Waals surface area (Å²) < 4.78 is 48.5. The number of nitrogens with zero attached hydrogens (tertiary/aromatic N) is 3. The lowest BCUT2D eigenvalue weighted by molar-refractivity contribution is -0.151. The third kappa shape index (κ3) is 5.11. The van der Waals surface area contributed by atoms with Crippen molar-refractivity contribution in [2.45, 2.75) is 38.2 Å². The number of esters is 1. The largest absolute Gasteiger partial charge is 0.454 e. The molecular formula is C22H20F3N3O3. The van der Waals surface area contributed by atoms with Crippen molar-refractivity contribution in [2.75, 3.05) is 6.54 Å². The molecule has 0 spiro atoms. The minimum atomic E-state index is -4.41. The minimum absolute atomic E-state index is 0.0795. The molecule has 1 aromatic heterocycles. The van der Waals surface area contributed by atoms with E-state index in [2.05, 4.69) is 15.0 Å². The highest BCUT2D eigenvalue weighted by Crippen LogP contribution is 2.30. The number of alkyl halides is 3. The van der Waals surface area contributed by atoms with Crippen molar-refractivity contribution in [3.63, 3.8) is 0 Å². The quantitative estimate of drug-likeness (QED) is 0.537. The first kappa shape index (κ1) is 21.0. The Kier molecular flexibility index (Phi) is 6.03. The normalized spacial score (nSPS) is 17.1. The summed E-state index contributed by atoms with van der Waals surface area (Å²) in [7, 11) is 0. The van der Waals surface area contributed by atoms with Crippen LogP contribution in [0.1, 0.15) is 29.9 Å². The van der Waals surface area contributed by atoms with Gasteiger partial charge in [-0.25, -0.2) is 0 Å². The minimum Gasteiger partial charge on any atom is -0.454 e. The number of carbonyl (C=O) groups is 1. The van der Waals surface area contributed by atoms with Crippen LogP contribution in [0.3, 0.4) is 0 Å². The number of benzene rings is 2. The second-order valence-corrected chi connectivity index (χ2v) is 7.31. The van der Waals surface area contributed by atoms with Crippen LogP contribution in [0.2, 0.25) is 0 Å². The number of hydrogen-bond donors (Lipinski definition) is 0. The highest BCUT2D eigenvalue weighted by Gasteiger charge is 2.32. The van der Waals surface area contributed by atoms with E-state index in [0.29, 0.717) is 18.5 Å². The van der Waals surface area contributed by atoms with E-state index in [9.17, 15) is 18.0 Å². The number of ether oxygens (including phenoxy) is 1. The van der Waals surface area contributed by atoms with Crippen molar-refractivity contribution in [1.82, 2.24) is 15.0 Å². The highest BCUT2D eigenvalue weighted by atomic mass is 19.4. The molecule has 9 heteroatoms. The lowest BCUT2D eigenvalue weighted by Crippen LogP contribution is -2.36. The summed E-state index contributed by atoms with van der Waals surface area (Å²) >= 11 is 0. The predicted molar refractivity (Wildman–Crippen MR) is 104 cm³/mol. The Morgan fingerprint density at radius 1 is 1.13 bits per heavy atom. The molecule has 2 aromatic carbocycles. The third-order valence-electron chi connectivity index (χ3n) is 5.14. The first-order valence-electron chi connectivity index (χ1n) is 9.85. The summed E-state index contributed by atoms with van der Waals surface area (Å²) in [4.78, 5) is 18.8. The summed E-state index contributed by atoms with van der Waals surface area (Å²) in [6.45, 7) is 1.29. The van der Waals surface area contributed by atoms with Gasteiger partial charge in [-0.3, -0.25) is 9.69 Å². The molecule has 31 heavy (non-hydrogen) atoms. The Hall–Kier alpha value is -3.20. The summed E-state index contributed by atoms with van der Waals surface area (Å²) in [6, 6.07) is 14.0. The highest BCUT2D eigenvalue weighted by molar-refractivity contribution is 5.76. The maximum atomic E-state index is 12.7. The molecule has 0 unspecified atom stereocenters. The summed E-state index contributed by atoms with van der Waals surface area (Å²) in [5.74, 6) is -0.148. The Balaban J connectivity index is 1.34. The topological polar surface area (TPSA) is 68.5 Å². The molecule has 3 aromatic rings. The monoisotopic (exact) mass is 431 g/mol. The standard InChI is InChI=1S/C22H20F3N3O3/c23-22(24,25)17-10-8-16(9-11-17)20-26-19(31-27-20)14-30-21(29)18-7-4-12-28(18)13-15-5-2-1-3-6-15/h1-3,5-6,8-11,18H,4,7,12-14H2/t18-/m0/s1. The average molecular weight is 431 g/mol. The van der Waals surface area contributed by atoms with Gasteiger partial charge in [0, 0.05) is 12.1 Å². The number of likely N-dealkylation sites (tertiary alicyclic amines) is 1. The molecule has 6 nitrogen and oxygen atoms in total. The van der Waals surface area contributed by atoms with Crippen LogP contribution in [0, 0.1) is 0 Å². The van der Waals surface area contributed by atoms with Gasteiger partial charge in [0.2, 0.25) is 5.82 Å². The van der Waals surface area contributed by atoms with Crippen LogP contribution < -0.4 is 0 Å². The number of aromatic nitrogens is 2. The van der Waals surface area contributed by atoms with E-state index in [0.717, 1.165) is 30.7 Å². The molecule has 1 aliphatic rings. The number of rotatable bonds is 6. The van der Waals surface area contributed by atoms with Crippen molar-refractivity contribution in [3.8, 4) is 11.4 Å². The zero-order chi connectivity index (χ0) is 21.8. The fourth-order valence-corrected chi connectivity index (χ4v) is 3.57. The first-order chi connectivity index (χ1) is 14.9. The van der Waals surface area contributed by atoms with Gasteiger partial charge < -0.3 is 9.26 Å². The molecule has 4 rings (SSSR count). The van der Waals surface area contributed by atoms with Crippen molar-refractivity contribution in [3.05, 3.63) is 71.6 Å². The molecule has 0 amide bonds. The van der Waals surface area contributed by atoms with E-state index in [4.69, 9.17) is 9.26 Å². The van der Waals surface area contributed by atoms with Gasteiger partial charge in [0.1, 0.15) is 6.04 Å². The second-order valence-electron chi connectivity index (χ2n) is 7.31. The Morgan fingerprint density at radius 3 is 2.58 bits per heavy atom. The summed E-state index contributed by atoms with van der Waals surface area (Å²) in [5, 5.41) is 3.76.